The zero-order chi connectivity index (χ0) is 16.4. The number of benzene rings is 1. The zero-order valence-electron chi connectivity index (χ0n) is 12.6. The third-order valence-corrected chi connectivity index (χ3v) is 4.79. The first-order valence-electron chi connectivity index (χ1n) is 6.86. The number of amides is 1. The van der Waals surface area contributed by atoms with E-state index in [4.69, 9.17) is 0 Å². The van der Waals surface area contributed by atoms with E-state index in [9.17, 15) is 4.79 Å². The second kappa shape index (κ2) is 6.67. The Balaban J connectivity index is 1.68. The summed E-state index contributed by atoms with van der Waals surface area (Å²) < 4.78 is 2.68. The first kappa shape index (κ1) is 15.9. The highest BCUT2D eigenvalue weighted by Gasteiger charge is 2.11. The lowest BCUT2D eigenvalue weighted by Crippen LogP contribution is -2.15. The van der Waals surface area contributed by atoms with Gasteiger partial charge in [-0.15, -0.1) is 0 Å². The molecular formula is C15H14BrN5OS. The summed E-state index contributed by atoms with van der Waals surface area (Å²) in [6, 6.07) is 5.75. The summed E-state index contributed by atoms with van der Waals surface area (Å²) >= 11 is 4.78. The number of rotatable bonds is 4. The van der Waals surface area contributed by atoms with Gasteiger partial charge in [0.05, 0.1) is 17.3 Å². The summed E-state index contributed by atoms with van der Waals surface area (Å²) in [4.78, 5) is 20.6. The van der Waals surface area contributed by atoms with Crippen molar-refractivity contribution < 1.29 is 4.79 Å². The Kier molecular flexibility index (Phi) is 4.63. The summed E-state index contributed by atoms with van der Waals surface area (Å²) in [6.07, 6.45) is 3.21. The molecule has 0 aliphatic carbocycles. The fraction of sp³-hybridized carbons (Fsp3) is 0.200. The molecule has 1 amide bonds. The van der Waals surface area contributed by atoms with Gasteiger partial charge in [-0.25, -0.2) is 9.97 Å². The summed E-state index contributed by atoms with van der Waals surface area (Å²) in [5.41, 5.74) is 2.58. The van der Waals surface area contributed by atoms with E-state index in [1.54, 1.807) is 10.9 Å². The van der Waals surface area contributed by atoms with Crippen molar-refractivity contribution in [3.63, 3.8) is 0 Å². The van der Waals surface area contributed by atoms with Gasteiger partial charge in [0, 0.05) is 17.2 Å². The number of halogens is 1. The molecule has 0 spiro atoms. The van der Waals surface area contributed by atoms with Gasteiger partial charge < -0.3 is 5.32 Å². The van der Waals surface area contributed by atoms with Crippen LogP contribution >= 0.6 is 27.7 Å². The van der Waals surface area contributed by atoms with Gasteiger partial charge in [0.2, 0.25) is 5.91 Å². The number of aryl methyl sites for hydroxylation is 2. The Morgan fingerprint density at radius 2 is 2.22 bits per heavy atom. The normalized spacial score (nSPS) is 10.9. The van der Waals surface area contributed by atoms with E-state index in [0.29, 0.717) is 0 Å². The molecule has 3 aromatic rings. The van der Waals surface area contributed by atoms with Gasteiger partial charge in [0.1, 0.15) is 11.4 Å². The lowest BCUT2D eigenvalue weighted by Gasteiger charge is -2.08. The van der Waals surface area contributed by atoms with E-state index in [1.165, 1.54) is 18.1 Å². The molecule has 2 heterocycles. The van der Waals surface area contributed by atoms with Crippen LogP contribution in [0, 0.1) is 6.92 Å². The Hall–Kier alpha value is -1.93. The molecule has 0 aliphatic heterocycles. The van der Waals surface area contributed by atoms with Crippen molar-refractivity contribution >= 4 is 50.3 Å². The van der Waals surface area contributed by atoms with Crippen molar-refractivity contribution in [3.05, 3.63) is 40.8 Å². The van der Waals surface area contributed by atoms with Crippen molar-refractivity contribution in [3.8, 4) is 0 Å². The number of thioether (sulfide) groups is 1. The van der Waals surface area contributed by atoms with Gasteiger partial charge >= 0.3 is 0 Å². The summed E-state index contributed by atoms with van der Waals surface area (Å²) in [6.45, 7) is 1.96. The molecule has 0 saturated carbocycles. The molecule has 8 heteroatoms. The molecule has 0 unspecified atom stereocenters. The van der Waals surface area contributed by atoms with Crippen LogP contribution in [0.4, 0.5) is 5.69 Å². The van der Waals surface area contributed by atoms with Gasteiger partial charge in [-0.1, -0.05) is 27.7 Å². The van der Waals surface area contributed by atoms with E-state index >= 15 is 0 Å². The van der Waals surface area contributed by atoms with Crippen molar-refractivity contribution in [2.24, 2.45) is 7.05 Å². The van der Waals surface area contributed by atoms with Gasteiger partial charge in [-0.3, -0.25) is 9.48 Å². The van der Waals surface area contributed by atoms with Crippen molar-refractivity contribution in [2.45, 2.75) is 11.9 Å². The molecule has 1 aromatic carbocycles. The SMILES string of the molecule is Cc1cc(Br)ccc1NC(=O)CSc1ncnc2c1cnn2C. The van der Waals surface area contributed by atoms with E-state index in [1.807, 2.05) is 32.2 Å². The topological polar surface area (TPSA) is 72.7 Å². The molecule has 0 radical (unpaired) electrons. The first-order chi connectivity index (χ1) is 11.0. The highest BCUT2D eigenvalue weighted by atomic mass is 79.9. The molecule has 118 valence electrons. The molecule has 2 aromatic heterocycles. The molecule has 0 atom stereocenters. The van der Waals surface area contributed by atoms with Crippen LogP contribution in [0.25, 0.3) is 11.0 Å². The molecule has 0 aliphatic rings. The Morgan fingerprint density at radius 3 is 3.00 bits per heavy atom. The monoisotopic (exact) mass is 391 g/mol. The Bertz CT molecular complexity index is 879. The number of carbonyl (C=O) groups excluding carboxylic acids is 1. The molecule has 0 fully saturated rings. The van der Waals surface area contributed by atoms with E-state index in [2.05, 4.69) is 36.3 Å². The number of nitrogens with zero attached hydrogens (tertiary/aromatic N) is 4. The minimum atomic E-state index is -0.0731. The quantitative estimate of drug-likeness (QED) is 0.546. The zero-order valence-corrected chi connectivity index (χ0v) is 15.0. The van der Waals surface area contributed by atoms with Gasteiger partial charge in [-0.05, 0) is 30.7 Å². The van der Waals surface area contributed by atoms with Crippen molar-refractivity contribution in [1.82, 2.24) is 19.7 Å². The summed E-state index contributed by atoms with van der Waals surface area (Å²) in [5.74, 6) is 0.201. The van der Waals surface area contributed by atoms with Gasteiger partial charge in [0.15, 0.2) is 5.65 Å². The van der Waals surface area contributed by atoms with Crippen LogP contribution in [0.15, 0.2) is 40.2 Å². The number of anilines is 1. The smallest absolute Gasteiger partial charge is 0.234 e. The molecule has 1 N–H and O–H groups in total. The molecule has 23 heavy (non-hydrogen) atoms. The van der Waals surface area contributed by atoms with Crippen LogP contribution in [0.1, 0.15) is 5.56 Å². The lowest BCUT2D eigenvalue weighted by molar-refractivity contribution is -0.113. The largest absolute Gasteiger partial charge is 0.325 e. The second-order valence-corrected chi connectivity index (χ2v) is 6.86. The lowest BCUT2D eigenvalue weighted by atomic mass is 10.2. The van der Waals surface area contributed by atoms with Gasteiger partial charge in [-0.2, -0.15) is 5.10 Å². The molecule has 6 nitrogen and oxygen atoms in total. The van der Waals surface area contributed by atoms with Crippen LogP contribution < -0.4 is 5.32 Å². The maximum atomic E-state index is 12.2. The number of fused-ring (bicyclic) bond motifs is 1. The third-order valence-electron chi connectivity index (χ3n) is 3.30. The predicted octanol–water partition coefficient (Wildman–Crippen LogP) is 3.17. The molecule has 0 saturated heterocycles. The fourth-order valence-corrected chi connectivity index (χ4v) is 3.38. The maximum Gasteiger partial charge on any atom is 0.234 e. The molecule has 0 bridgehead atoms. The van der Waals surface area contributed by atoms with E-state index in [-0.39, 0.29) is 11.7 Å². The number of nitrogens with one attached hydrogen (secondary N) is 1. The number of hydrogen-bond acceptors (Lipinski definition) is 5. The van der Waals surface area contributed by atoms with E-state index < -0.39 is 0 Å². The highest BCUT2D eigenvalue weighted by Crippen LogP contribution is 2.24. The predicted molar refractivity (Wildman–Crippen MR) is 94.5 cm³/mol. The minimum absolute atomic E-state index is 0.0731. The number of carbonyl (C=O) groups is 1. The highest BCUT2D eigenvalue weighted by molar-refractivity contribution is 9.10. The van der Waals surface area contributed by atoms with Crippen molar-refractivity contribution in [2.75, 3.05) is 11.1 Å². The van der Waals surface area contributed by atoms with Crippen LogP contribution in [-0.4, -0.2) is 31.4 Å². The summed E-state index contributed by atoms with van der Waals surface area (Å²) in [5, 5.41) is 8.69. The van der Waals surface area contributed by atoms with Crippen LogP contribution in [0.5, 0.6) is 0 Å². The number of aromatic nitrogens is 4. The minimum Gasteiger partial charge on any atom is -0.325 e. The first-order valence-corrected chi connectivity index (χ1v) is 8.64. The average molecular weight is 392 g/mol. The van der Waals surface area contributed by atoms with Crippen LogP contribution in [0.2, 0.25) is 0 Å². The Morgan fingerprint density at radius 1 is 1.39 bits per heavy atom. The van der Waals surface area contributed by atoms with E-state index in [0.717, 1.165) is 31.8 Å². The molecular weight excluding hydrogens is 378 g/mol. The van der Waals surface area contributed by atoms with Gasteiger partial charge in [0.25, 0.3) is 0 Å². The third kappa shape index (κ3) is 3.53. The number of hydrogen-bond donors (Lipinski definition) is 1. The standard InChI is InChI=1S/C15H14BrN5OS/c1-9-5-10(16)3-4-12(9)20-13(22)7-23-15-11-6-19-21(2)14(11)17-8-18-15/h3-6,8H,7H2,1-2H3,(H,20,22). The second-order valence-electron chi connectivity index (χ2n) is 4.98. The maximum absolute atomic E-state index is 12.2. The Labute approximate surface area is 145 Å². The molecule has 3 rings (SSSR count). The fourth-order valence-electron chi connectivity index (χ4n) is 2.14. The summed E-state index contributed by atoms with van der Waals surface area (Å²) in [7, 11) is 1.83. The van der Waals surface area contributed by atoms with Crippen LogP contribution in [-0.2, 0) is 11.8 Å². The average Bonchev–Trinajstić information content (AvgIpc) is 2.90. The van der Waals surface area contributed by atoms with Crippen LogP contribution in [0.3, 0.4) is 0 Å². The van der Waals surface area contributed by atoms with Crippen molar-refractivity contribution in [1.29, 1.82) is 0 Å².